The van der Waals surface area contributed by atoms with Crippen molar-refractivity contribution in [2.45, 2.75) is 4.90 Å². The number of rotatable bonds is 3. The fourth-order valence-electron chi connectivity index (χ4n) is 1.35. The minimum Gasteiger partial charge on any atom is -0.280 e. The van der Waals surface area contributed by atoms with Crippen molar-refractivity contribution >= 4 is 31.6 Å². The van der Waals surface area contributed by atoms with Crippen molar-refractivity contribution in [1.82, 2.24) is 0 Å². The molecule has 0 radical (unpaired) electrons. The van der Waals surface area contributed by atoms with Gasteiger partial charge in [-0.15, -0.1) is 0 Å². The Morgan fingerprint density at radius 1 is 0.944 bits per heavy atom. The number of benzene rings is 2. The first-order valence-electron chi connectivity index (χ1n) is 5.01. The van der Waals surface area contributed by atoms with E-state index in [1.807, 2.05) is 0 Å². The zero-order chi connectivity index (χ0) is 13.2. The Kier molecular flexibility index (Phi) is 3.68. The molecule has 0 atom stereocenters. The van der Waals surface area contributed by atoms with Gasteiger partial charge in [-0.3, -0.25) is 4.72 Å². The van der Waals surface area contributed by atoms with E-state index in [9.17, 15) is 12.8 Å². The number of hydrogen-bond donors (Lipinski definition) is 1. The molecular weight excluding hydrogens is 321 g/mol. The van der Waals surface area contributed by atoms with Crippen molar-refractivity contribution in [1.29, 1.82) is 0 Å². The Bertz CT molecular complexity index is 639. The summed E-state index contributed by atoms with van der Waals surface area (Å²) >= 11 is 3.26. The summed E-state index contributed by atoms with van der Waals surface area (Å²) in [6.45, 7) is 0. The molecule has 0 amide bonds. The second-order valence-electron chi connectivity index (χ2n) is 3.57. The molecule has 3 nitrogen and oxygen atoms in total. The van der Waals surface area contributed by atoms with Gasteiger partial charge in [0.2, 0.25) is 0 Å². The largest absolute Gasteiger partial charge is 0.280 e. The van der Waals surface area contributed by atoms with Crippen LogP contribution in [0.1, 0.15) is 0 Å². The maximum absolute atomic E-state index is 12.7. The molecule has 0 aromatic heterocycles. The van der Waals surface area contributed by atoms with Gasteiger partial charge in [-0.05, 0) is 48.5 Å². The van der Waals surface area contributed by atoms with E-state index in [0.717, 1.165) is 16.6 Å². The second kappa shape index (κ2) is 5.07. The smallest absolute Gasteiger partial charge is 0.261 e. The van der Waals surface area contributed by atoms with Gasteiger partial charge in [0.25, 0.3) is 10.0 Å². The lowest BCUT2D eigenvalue weighted by molar-refractivity contribution is 0.599. The van der Waals surface area contributed by atoms with Gasteiger partial charge in [-0.1, -0.05) is 15.9 Å². The molecule has 1 N–H and O–H groups in total. The van der Waals surface area contributed by atoms with Gasteiger partial charge in [0.1, 0.15) is 5.82 Å². The van der Waals surface area contributed by atoms with E-state index in [-0.39, 0.29) is 4.90 Å². The summed E-state index contributed by atoms with van der Waals surface area (Å²) in [6, 6.07) is 11.4. The highest BCUT2D eigenvalue weighted by atomic mass is 79.9. The Balaban J connectivity index is 2.27. The van der Waals surface area contributed by atoms with Crippen LogP contribution < -0.4 is 4.72 Å². The van der Waals surface area contributed by atoms with Crippen LogP contribution in [-0.2, 0) is 10.0 Å². The summed E-state index contributed by atoms with van der Waals surface area (Å²) < 4.78 is 39.9. The fourth-order valence-corrected chi connectivity index (χ4v) is 2.67. The second-order valence-corrected chi connectivity index (χ2v) is 6.16. The van der Waals surface area contributed by atoms with Crippen molar-refractivity contribution < 1.29 is 12.8 Å². The van der Waals surface area contributed by atoms with Gasteiger partial charge in [-0.2, -0.15) is 0 Å². The average molecular weight is 330 g/mol. The molecule has 0 aliphatic heterocycles. The highest BCUT2D eigenvalue weighted by Gasteiger charge is 2.13. The summed E-state index contributed by atoms with van der Waals surface area (Å²) in [4.78, 5) is 0.0202. The Morgan fingerprint density at radius 3 is 2.06 bits per heavy atom. The first-order chi connectivity index (χ1) is 8.47. The molecule has 2 aromatic carbocycles. The molecule has 94 valence electrons. The third-order valence-corrected chi connectivity index (χ3v) is 4.15. The number of anilines is 1. The van der Waals surface area contributed by atoms with E-state index in [1.54, 1.807) is 24.3 Å². The van der Waals surface area contributed by atoms with Gasteiger partial charge in [0.15, 0.2) is 0 Å². The lowest BCUT2D eigenvalue weighted by Gasteiger charge is -2.07. The van der Waals surface area contributed by atoms with Crippen molar-refractivity contribution in [3.05, 3.63) is 58.8 Å². The van der Waals surface area contributed by atoms with E-state index in [4.69, 9.17) is 0 Å². The summed E-state index contributed by atoms with van der Waals surface area (Å²) in [5.74, 6) is -0.474. The van der Waals surface area contributed by atoms with Crippen molar-refractivity contribution in [2.75, 3.05) is 4.72 Å². The summed E-state index contributed by atoms with van der Waals surface area (Å²) in [7, 11) is -3.67. The molecule has 0 fully saturated rings. The minimum atomic E-state index is -3.67. The van der Waals surface area contributed by atoms with Crippen molar-refractivity contribution in [3.63, 3.8) is 0 Å². The van der Waals surface area contributed by atoms with Crippen LogP contribution in [0.2, 0.25) is 0 Å². The molecular formula is C12H9BrFNO2S. The van der Waals surface area contributed by atoms with E-state index in [1.165, 1.54) is 12.1 Å². The number of halogens is 2. The van der Waals surface area contributed by atoms with Gasteiger partial charge in [0.05, 0.1) is 4.90 Å². The molecule has 0 saturated heterocycles. The van der Waals surface area contributed by atoms with Crippen LogP contribution in [0.15, 0.2) is 57.9 Å². The third-order valence-electron chi connectivity index (χ3n) is 2.22. The molecule has 0 unspecified atom stereocenters. The Labute approximate surface area is 113 Å². The van der Waals surface area contributed by atoms with E-state index in [0.29, 0.717) is 5.69 Å². The van der Waals surface area contributed by atoms with Crippen LogP contribution in [-0.4, -0.2) is 8.42 Å². The van der Waals surface area contributed by atoms with Crippen LogP contribution in [0.25, 0.3) is 0 Å². The molecule has 6 heteroatoms. The predicted molar refractivity (Wildman–Crippen MR) is 71.4 cm³/mol. The average Bonchev–Trinajstić information content (AvgIpc) is 2.32. The predicted octanol–water partition coefficient (Wildman–Crippen LogP) is 3.39. The molecule has 0 bridgehead atoms. The van der Waals surface area contributed by atoms with Crippen LogP contribution in [0.3, 0.4) is 0 Å². The van der Waals surface area contributed by atoms with Crippen LogP contribution in [0, 0.1) is 5.82 Å². The molecule has 18 heavy (non-hydrogen) atoms. The van der Waals surface area contributed by atoms with Crippen molar-refractivity contribution in [3.8, 4) is 0 Å². The Hall–Kier alpha value is -1.40. The zero-order valence-corrected chi connectivity index (χ0v) is 11.5. The maximum atomic E-state index is 12.7. The molecule has 0 aliphatic rings. The summed E-state index contributed by atoms with van der Waals surface area (Å²) in [5.41, 5.74) is 0.447. The van der Waals surface area contributed by atoms with Crippen LogP contribution >= 0.6 is 15.9 Å². The fraction of sp³-hybridized carbons (Fsp3) is 0. The SMILES string of the molecule is O=S(=O)(Nc1ccc(Br)cc1)c1ccc(F)cc1. The maximum Gasteiger partial charge on any atom is 0.261 e. The van der Waals surface area contributed by atoms with Crippen LogP contribution in [0.4, 0.5) is 10.1 Å². The van der Waals surface area contributed by atoms with E-state index in [2.05, 4.69) is 20.7 Å². The lowest BCUT2D eigenvalue weighted by atomic mass is 10.3. The molecule has 0 spiro atoms. The topological polar surface area (TPSA) is 46.2 Å². The molecule has 0 saturated carbocycles. The summed E-state index contributed by atoms with van der Waals surface area (Å²) in [5, 5.41) is 0. The van der Waals surface area contributed by atoms with Gasteiger partial charge >= 0.3 is 0 Å². The first kappa shape index (κ1) is 13.0. The molecule has 2 rings (SSSR count). The van der Waals surface area contributed by atoms with Crippen LogP contribution in [0.5, 0.6) is 0 Å². The zero-order valence-electron chi connectivity index (χ0n) is 9.10. The normalized spacial score (nSPS) is 11.2. The quantitative estimate of drug-likeness (QED) is 0.938. The van der Waals surface area contributed by atoms with Gasteiger partial charge in [-0.25, -0.2) is 12.8 Å². The van der Waals surface area contributed by atoms with Gasteiger partial charge in [0, 0.05) is 10.2 Å². The lowest BCUT2D eigenvalue weighted by Crippen LogP contribution is -2.12. The minimum absolute atomic E-state index is 0.0202. The standard InChI is InChI=1S/C12H9BrFNO2S/c13-9-1-5-11(6-2-9)15-18(16,17)12-7-3-10(14)4-8-12/h1-8,15H. The Morgan fingerprint density at radius 2 is 1.50 bits per heavy atom. The number of hydrogen-bond acceptors (Lipinski definition) is 2. The first-order valence-corrected chi connectivity index (χ1v) is 7.29. The summed E-state index contributed by atoms with van der Waals surface area (Å²) in [6.07, 6.45) is 0. The number of sulfonamides is 1. The highest BCUT2D eigenvalue weighted by molar-refractivity contribution is 9.10. The molecule has 0 heterocycles. The molecule has 2 aromatic rings. The van der Waals surface area contributed by atoms with E-state index < -0.39 is 15.8 Å². The monoisotopic (exact) mass is 329 g/mol. The highest BCUT2D eigenvalue weighted by Crippen LogP contribution is 2.18. The molecule has 0 aliphatic carbocycles. The van der Waals surface area contributed by atoms with Crippen molar-refractivity contribution in [2.24, 2.45) is 0 Å². The number of nitrogens with one attached hydrogen (secondary N) is 1. The van der Waals surface area contributed by atoms with E-state index >= 15 is 0 Å². The third kappa shape index (κ3) is 3.08. The van der Waals surface area contributed by atoms with Gasteiger partial charge < -0.3 is 0 Å².